The molecule has 1 atom stereocenters. The van der Waals surface area contributed by atoms with Gasteiger partial charge in [0.25, 0.3) is 0 Å². The molecule has 0 aliphatic rings. The Balaban J connectivity index is 1.97. The molecule has 0 saturated heterocycles. The summed E-state index contributed by atoms with van der Waals surface area (Å²) in [5, 5.41) is 11.4. The summed E-state index contributed by atoms with van der Waals surface area (Å²) in [5.41, 5.74) is 0.798. The third kappa shape index (κ3) is 2.39. The zero-order valence-electron chi connectivity index (χ0n) is 11.0. The van der Waals surface area contributed by atoms with E-state index in [2.05, 4.69) is 27.2 Å². The lowest BCUT2D eigenvalue weighted by Crippen LogP contribution is -2.15. The predicted octanol–water partition coefficient (Wildman–Crippen LogP) is 2.46. The zero-order valence-corrected chi connectivity index (χ0v) is 11.8. The van der Waals surface area contributed by atoms with Gasteiger partial charge in [-0.25, -0.2) is 0 Å². The number of hydrogen-bond donors (Lipinski definition) is 1. The van der Waals surface area contributed by atoms with E-state index < -0.39 is 0 Å². The third-order valence-corrected chi connectivity index (χ3v) is 3.34. The van der Waals surface area contributed by atoms with Gasteiger partial charge in [0.2, 0.25) is 0 Å². The quantitative estimate of drug-likeness (QED) is 0.748. The highest BCUT2D eigenvalue weighted by atomic mass is 32.1. The lowest BCUT2D eigenvalue weighted by atomic mass is 10.3. The molecule has 0 fully saturated rings. The second kappa shape index (κ2) is 5.38. The van der Waals surface area contributed by atoms with E-state index in [1.807, 2.05) is 39.7 Å². The minimum Gasteiger partial charge on any atom is -0.294 e. The van der Waals surface area contributed by atoms with Crippen molar-refractivity contribution < 1.29 is 0 Å². The summed E-state index contributed by atoms with van der Waals surface area (Å²) in [6, 6.07) is 7.76. The highest BCUT2D eigenvalue weighted by molar-refractivity contribution is 7.71. The first-order chi connectivity index (χ1) is 9.75. The Morgan fingerprint density at radius 2 is 2.20 bits per heavy atom. The number of rotatable bonds is 4. The van der Waals surface area contributed by atoms with Crippen LogP contribution >= 0.6 is 12.2 Å². The molecule has 1 N–H and O–H groups in total. The summed E-state index contributed by atoms with van der Waals surface area (Å²) < 4.78 is 4.44. The zero-order chi connectivity index (χ0) is 13.9. The molecule has 0 amide bonds. The summed E-state index contributed by atoms with van der Waals surface area (Å²) >= 11 is 5.33. The summed E-state index contributed by atoms with van der Waals surface area (Å²) in [6.07, 6.45) is 5.44. The number of pyridine rings is 1. The second-order valence-corrected chi connectivity index (χ2v) is 4.90. The van der Waals surface area contributed by atoms with Gasteiger partial charge in [0.05, 0.1) is 12.6 Å². The second-order valence-electron chi connectivity index (χ2n) is 4.51. The highest BCUT2D eigenvalue weighted by Crippen LogP contribution is 2.19. The van der Waals surface area contributed by atoms with Crippen molar-refractivity contribution in [2.24, 2.45) is 0 Å². The Kier molecular flexibility index (Phi) is 3.42. The maximum absolute atomic E-state index is 5.33. The van der Waals surface area contributed by atoms with Gasteiger partial charge in [-0.15, -0.1) is 0 Å². The number of nitrogens with one attached hydrogen (secondary N) is 1. The van der Waals surface area contributed by atoms with Crippen molar-refractivity contribution in [2.75, 3.05) is 0 Å². The number of nitrogens with zero attached hydrogens (tertiary/aromatic N) is 5. The van der Waals surface area contributed by atoms with Gasteiger partial charge in [-0.3, -0.25) is 19.3 Å². The topological polar surface area (TPSA) is 64.3 Å². The summed E-state index contributed by atoms with van der Waals surface area (Å²) in [5.74, 6) is 0.746. The summed E-state index contributed by atoms with van der Waals surface area (Å²) in [4.78, 5) is 4.33. The summed E-state index contributed by atoms with van der Waals surface area (Å²) in [7, 11) is 0. The average Bonchev–Trinajstić information content (AvgIpc) is 3.09. The minimum absolute atomic E-state index is 0.123. The van der Waals surface area contributed by atoms with Crippen LogP contribution in [-0.4, -0.2) is 29.5 Å². The standard InChI is InChI=1S/C13H14N6S/c1-10(9-18-8-4-7-15-18)19-12(16-17-13(19)20)11-5-2-3-6-14-11/h2-8,10H,9H2,1H3,(H,17,20). The van der Waals surface area contributed by atoms with Gasteiger partial charge in [-0.05, 0) is 37.3 Å². The van der Waals surface area contributed by atoms with Crippen molar-refractivity contribution in [3.05, 3.63) is 47.6 Å². The molecule has 3 aromatic heterocycles. The number of aromatic nitrogens is 6. The molecule has 6 nitrogen and oxygen atoms in total. The maximum atomic E-state index is 5.33. The Labute approximate surface area is 121 Å². The Hall–Kier alpha value is -2.28. The van der Waals surface area contributed by atoms with Gasteiger partial charge in [-0.1, -0.05) is 6.07 Å². The number of H-pyrrole nitrogens is 1. The molecule has 0 bridgehead atoms. The van der Waals surface area contributed by atoms with Crippen LogP contribution in [-0.2, 0) is 6.54 Å². The molecule has 0 aliphatic heterocycles. The van der Waals surface area contributed by atoms with Crippen molar-refractivity contribution in [1.29, 1.82) is 0 Å². The van der Waals surface area contributed by atoms with Crippen LogP contribution in [0.4, 0.5) is 0 Å². The Bertz CT molecular complexity index is 728. The normalized spacial score (nSPS) is 12.4. The van der Waals surface area contributed by atoms with Crippen LogP contribution in [0.15, 0.2) is 42.9 Å². The van der Waals surface area contributed by atoms with Gasteiger partial charge < -0.3 is 0 Å². The van der Waals surface area contributed by atoms with E-state index >= 15 is 0 Å². The van der Waals surface area contributed by atoms with Crippen molar-refractivity contribution in [3.63, 3.8) is 0 Å². The number of aromatic amines is 1. The average molecular weight is 286 g/mol. The molecule has 3 rings (SSSR count). The van der Waals surface area contributed by atoms with Crippen molar-refractivity contribution in [3.8, 4) is 11.5 Å². The molecule has 3 aromatic rings. The molecule has 1 unspecified atom stereocenters. The first kappa shape index (κ1) is 12.7. The van der Waals surface area contributed by atoms with Gasteiger partial charge >= 0.3 is 0 Å². The van der Waals surface area contributed by atoms with Crippen LogP contribution in [0.1, 0.15) is 13.0 Å². The Morgan fingerprint density at radius 3 is 2.90 bits per heavy atom. The Morgan fingerprint density at radius 1 is 1.30 bits per heavy atom. The molecule has 0 aromatic carbocycles. The molecular weight excluding hydrogens is 272 g/mol. The summed E-state index contributed by atoms with van der Waals surface area (Å²) in [6.45, 7) is 2.81. The van der Waals surface area contributed by atoms with Crippen LogP contribution in [0.25, 0.3) is 11.5 Å². The van der Waals surface area contributed by atoms with E-state index in [9.17, 15) is 0 Å². The predicted molar refractivity (Wildman–Crippen MR) is 77.6 cm³/mol. The van der Waals surface area contributed by atoms with Crippen LogP contribution in [0.2, 0.25) is 0 Å². The lowest BCUT2D eigenvalue weighted by molar-refractivity contribution is 0.436. The molecule has 3 heterocycles. The largest absolute Gasteiger partial charge is 0.294 e. The maximum Gasteiger partial charge on any atom is 0.195 e. The molecule has 0 saturated carbocycles. The smallest absolute Gasteiger partial charge is 0.195 e. The van der Waals surface area contributed by atoms with Crippen molar-refractivity contribution in [2.45, 2.75) is 19.5 Å². The molecular formula is C13H14N6S. The lowest BCUT2D eigenvalue weighted by Gasteiger charge is -2.15. The molecule has 0 spiro atoms. The van der Waals surface area contributed by atoms with E-state index in [0.29, 0.717) is 4.77 Å². The number of hydrogen-bond acceptors (Lipinski definition) is 4. The van der Waals surface area contributed by atoms with Crippen LogP contribution in [0, 0.1) is 4.77 Å². The van der Waals surface area contributed by atoms with Gasteiger partial charge in [0.1, 0.15) is 5.69 Å². The fourth-order valence-corrected chi connectivity index (χ4v) is 2.46. The fraction of sp³-hybridized carbons (Fsp3) is 0.231. The first-order valence-corrected chi connectivity index (χ1v) is 6.72. The van der Waals surface area contributed by atoms with Crippen LogP contribution in [0.3, 0.4) is 0 Å². The van der Waals surface area contributed by atoms with E-state index in [-0.39, 0.29) is 6.04 Å². The van der Waals surface area contributed by atoms with Crippen molar-refractivity contribution in [1.82, 2.24) is 29.5 Å². The first-order valence-electron chi connectivity index (χ1n) is 6.31. The third-order valence-electron chi connectivity index (χ3n) is 3.05. The highest BCUT2D eigenvalue weighted by Gasteiger charge is 2.15. The SMILES string of the molecule is CC(Cn1cccn1)n1c(-c2ccccn2)n[nH]c1=S. The molecule has 7 heteroatoms. The van der Waals surface area contributed by atoms with E-state index in [1.54, 1.807) is 12.4 Å². The molecule has 0 radical (unpaired) electrons. The molecule has 20 heavy (non-hydrogen) atoms. The molecule has 0 aliphatic carbocycles. The van der Waals surface area contributed by atoms with Crippen LogP contribution in [0.5, 0.6) is 0 Å². The van der Waals surface area contributed by atoms with Gasteiger partial charge in [0, 0.05) is 18.6 Å². The fourth-order valence-electron chi connectivity index (χ4n) is 2.15. The van der Waals surface area contributed by atoms with E-state index in [0.717, 1.165) is 18.1 Å². The molecule has 102 valence electrons. The monoisotopic (exact) mass is 286 g/mol. The van der Waals surface area contributed by atoms with Crippen LogP contribution < -0.4 is 0 Å². The minimum atomic E-state index is 0.123. The van der Waals surface area contributed by atoms with E-state index in [1.165, 1.54) is 0 Å². The van der Waals surface area contributed by atoms with Gasteiger partial charge in [-0.2, -0.15) is 10.2 Å². The van der Waals surface area contributed by atoms with Gasteiger partial charge in [0.15, 0.2) is 10.6 Å². The van der Waals surface area contributed by atoms with Crippen molar-refractivity contribution >= 4 is 12.2 Å². The van der Waals surface area contributed by atoms with E-state index in [4.69, 9.17) is 12.2 Å².